The van der Waals surface area contributed by atoms with Gasteiger partial charge in [-0.15, -0.1) is 0 Å². The van der Waals surface area contributed by atoms with Crippen LogP contribution < -0.4 is 5.32 Å². The number of hydrogen-bond donors (Lipinski definition) is 1. The van der Waals surface area contributed by atoms with E-state index in [1.807, 2.05) is 30.5 Å². The van der Waals surface area contributed by atoms with Gasteiger partial charge in [0, 0.05) is 11.9 Å². The molecule has 100 valence electrons. The van der Waals surface area contributed by atoms with E-state index in [2.05, 4.69) is 20.3 Å². The van der Waals surface area contributed by atoms with Gasteiger partial charge in [-0.25, -0.2) is 9.97 Å². The first kappa shape index (κ1) is 11.4. The molecule has 1 N–H and O–H groups in total. The molecule has 0 radical (unpaired) electrons. The molecule has 5 heteroatoms. The van der Waals surface area contributed by atoms with Crippen LogP contribution >= 0.6 is 0 Å². The van der Waals surface area contributed by atoms with E-state index in [9.17, 15) is 0 Å². The SMILES string of the molecule is c1ccc2oc(NCc3ncc4c(n3)CCC4)nc2c1. The maximum absolute atomic E-state index is 5.60. The Kier molecular flexibility index (Phi) is 2.62. The van der Waals surface area contributed by atoms with E-state index < -0.39 is 0 Å². The predicted octanol–water partition coefficient (Wildman–Crippen LogP) is 2.72. The number of nitrogens with one attached hydrogen (secondary N) is 1. The summed E-state index contributed by atoms with van der Waals surface area (Å²) in [7, 11) is 0. The number of anilines is 1. The lowest BCUT2D eigenvalue weighted by Gasteiger charge is -2.03. The van der Waals surface area contributed by atoms with E-state index in [4.69, 9.17) is 4.42 Å². The summed E-state index contributed by atoms with van der Waals surface area (Å²) in [5.41, 5.74) is 4.11. The number of fused-ring (bicyclic) bond motifs is 2. The number of nitrogens with zero attached hydrogens (tertiary/aromatic N) is 3. The number of rotatable bonds is 3. The van der Waals surface area contributed by atoms with Crippen LogP contribution in [0.5, 0.6) is 0 Å². The van der Waals surface area contributed by atoms with E-state index in [1.165, 1.54) is 17.7 Å². The van der Waals surface area contributed by atoms with Crippen molar-refractivity contribution in [2.45, 2.75) is 25.8 Å². The van der Waals surface area contributed by atoms with Gasteiger partial charge in [0.05, 0.1) is 6.54 Å². The molecule has 1 aromatic carbocycles. The van der Waals surface area contributed by atoms with Crippen LogP contribution in [0.15, 0.2) is 34.9 Å². The Morgan fingerprint density at radius 3 is 3.05 bits per heavy atom. The largest absolute Gasteiger partial charge is 0.424 e. The van der Waals surface area contributed by atoms with E-state index in [1.54, 1.807) is 0 Å². The van der Waals surface area contributed by atoms with E-state index >= 15 is 0 Å². The lowest BCUT2D eigenvalue weighted by atomic mass is 10.3. The lowest BCUT2D eigenvalue weighted by Crippen LogP contribution is -2.06. The highest BCUT2D eigenvalue weighted by Gasteiger charge is 2.13. The molecule has 0 saturated heterocycles. The van der Waals surface area contributed by atoms with Gasteiger partial charge in [-0.1, -0.05) is 12.1 Å². The average Bonchev–Trinajstić information content (AvgIpc) is 3.10. The molecule has 20 heavy (non-hydrogen) atoms. The molecule has 0 saturated carbocycles. The number of aromatic nitrogens is 3. The standard InChI is InChI=1S/C15H14N4O/c1-2-7-13-12(5-1)19-15(20-13)17-9-14-16-8-10-4-3-6-11(10)18-14/h1-2,5,7-8H,3-4,6,9H2,(H,17,19). The summed E-state index contributed by atoms with van der Waals surface area (Å²) in [6.45, 7) is 0.528. The second-order valence-corrected chi connectivity index (χ2v) is 4.95. The summed E-state index contributed by atoms with van der Waals surface area (Å²) < 4.78 is 5.60. The Morgan fingerprint density at radius 1 is 1.15 bits per heavy atom. The normalized spacial score (nSPS) is 13.6. The second-order valence-electron chi connectivity index (χ2n) is 4.95. The van der Waals surface area contributed by atoms with Gasteiger partial charge in [0.2, 0.25) is 0 Å². The molecule has 0 atom stereocenters. The van der Waals surface area contributed by atoms with Gasteiger partial charge in [0.25, 0.3) is 6.01 Å². The first-order valence-electron chi connectivity index (χ1n) is 6.81. The number of hydrogen-bond acceptors (Lipinski definition) is 5. The Hall–Kier alpha value is -2.43. The fraction of sp³-hybridized carbons (Fsp3) is 0.267. The third-order valence-electron chi connectivity index (χ3n) is 3.56. The van der Waals surface area contributed by atoms with Crippen molar-refractivity contribution in [2.24, 2.45) is 0 Å². The number of para-hydroxylation sites is 2. The van der Waals surface area contributed by atoms with Gasteiger partial charge in [-0.3, -0.25) is 0 Å². The smallest absolute Gasteiger partial charge is 0.296 e. The van der Waals surface area contributed by atoms with Gasteiger partial charge in [-0.2, -0.15) is 4.98 Å². The third-order valence-corrected chi connectivity index (χ3v) is 3.56. The minimum Gasteiger partial charge on any atom is -0.424 e. The van der Waals surface area contributed by atoms with Gasteiger partial charge in [0.1, 0.15) is 11.3 Å². The molecule has 4 rings (SSSR count). The summed E-state index contributed by atoms with van der Waals surface area (Å²) in [5.74, 6) is 0.785. The van der Waals surface area contributed by atoms with E-state index in [-0.39, 0.29) is 0 Å². The second kappa shape index (κ2) is 4.59. The average molecular weight is 266 g/mol. The Morgan fingerprint density at radius 2 is 2.10 bits per heavy atom. The molecule has 1 aliphatic carbocycles. The van der Waals surface area contributed by atoms with Gasteiger partial charge in [0.15, 0.2) is 5.58 Å². The lowest BCUT2D eigenvalue weighted by molar-refractivity contribution is 0.612. The van der Waals surface area contributed by atoms with Crippen molar-refractivity contribution in [1.82, 2.24) is 15.0 Å². The monoisotopic (exact) mass is 266 g/mol. The summed E-state index contributed by atoms with van der Waals surface area (Å²) in [6.07, 6.45) is 5.30. The zero-order chi connectivity index (χ0) is 13.4. The van der Waals surface area contributed by atoms with Crippen molar-refractivity contribution < 1.29 is 4.42 Å². The molecule has 0 bridgehead atoms. The quantitative estimate of drug-likeness (QED) is 0.789. The molecule has 3 aromatic rings. The summed E-state index contributed by atoms with van der Waals surface area (Å²) in [5, 5.41) is 3.14. The molecule has 0 fully saturated rings. The molecule has 1 aliphatic rings. The van der Waals surface area contributed by atoms with Gasteiger partial charge < -0.3 is 9.73 Å². The minimum absolute atomic E-state index is 0.510. The van der Waals surface area contributed by atoms with E-state index in [0.717, 1.165) is 29.8 Å². The Bertz CT molecular complexity index is 732. The van der Waals surface area contributed by atoms with Crippen LogP contribution in [0.25, 0.3) is 11.1 Å². The van der Waals surface area contributed by atoms with Crippen LogP contribution in [0.1, 0.15) is 23.5 Å². The highest BCUT2D eigenvalue weighted by molar-refractivity contribution is 5.74. The number of benzene rings is 1. The highest BCUT2D eigenvalue weighted by Crippen LogP contribution is 2.20. The van der Waals surface area contributed by atoms with Crippen molar-refractivity contribution in [3.8, 4) is 0 Å². The Balaban J connectivity index is 1.52. The predicted molar refractivity (Wildman–Crippen MR) is 75.4 cm³/mol. The fourth-order valence-electron chi connectivity index (χ4n) is 2.54. The van der Waals surface area contributed by atoms with Crippen molar-refractivity contribution >= 4 is 17.1 Å². The highest BCUT2D eigenvalue weighted by atomic mass is 16.4. The van der Waals surface area contributed by atoms with Crippen LogP contribution in [0, 0.1) is 0 Å². The van der Waals surface area contributed by atoms with Crippen LogP contribution in [0.2, 0.25) is 0 Å². The van der Waals surface area contributed by atoms with Crippen LogP contribution in [0.4, 0.5) is 6.01 Å². The first-order chi connectivity index (χ1) is 9.88. The molecular weight excluding hydrogens is 252 g/mol. The molecule has 2 heterocycles. The summed E-state index contributed by atoms with van der Waals surface area (Å²) in [4.78, 5) is 13.3. The fourth-order valence-corrected chi connectivity index (χ4v) is 2.54. The summed E-state index contributed by atoms with van der Waals surface area (Å²) >= 11 is 0. The number of oxazole rings is 1. The van der Waals surface area contributed by atoms with Crippen molar-refractivity contribution in [3.05, 3.63) is 47.5 Å². The van der Waals surface area contributed by atoms with Crippen LogP contribution in [0.3, 0.4) is 0 Å². The number of aryl methyl sites for hydroxylation is 2. The molecule has 2 aromatic heterocycles. The van der Waals surface area contributed by atoms with Crippen LogP contribution in [-0.4, -0.2) is 15.0 Å². The van der Waals surface area contributed by atoms with Gasteiger partial charge in [-0.05, 0) is 37.0 Å². The van der Waals surface area contributed by atoms with Gasteiger partial charge >= 0.3 is 0 Å². The molecular formula is C15H14N4O. The molecule has 0 spiro atoms. The first-order valence-corrected chi connectivity index (χ1v) is 6.81. The maximum atomic E-state index is 5.60. The zero-order valence-corrected chi connectivity index (χ0v) is 11.0. The zero-order valence-electron chi connectivity index (χ0n) is 11.0. The van der Waals surface area contributed by atoms with E-state index in [0.29, 0.717) is 12.6 Å². The van der Waals surface area contributed by atoms with Crippen LogP contribution in [-0.2, 0) is 19.4 Å². The Labute approximate surface area is 116 Å². The molecule has 0 amide bonds. The van der Waals surface area contributed by atoms with Crippen molar-refractivity contribution in [1.29, 1.82) is 0 Å². The summed E-state index contributed by atoms with van der Waals surface area (Å²) in [6, 6.07) is 8.21. The molecule has 0 aliphatic heterocycles. The molecule has 0 unspecified atom stereocenters. The van der Waals surface area contributed by atoms with Crippen molar-refractivity contribution in [2.75, 3.05) is 5.32 Å². The minimum atomic E-state index is 0.510. The molecule has 5 nitrogen and oxygen atoms in total. The van der Waals surface area contributed by atoms with Crippen molar-refractivity contribution in [3.63, 3.8) is 0 Å². The maximum Gasteiger partial charge on any atom is 0.296 e. The third kappa shape index (κ3) is 2.01. The topological polar surface area (TPSA) is 63.8 Å².